The summed E-state index contributed by atoms with van der Waals surface area (Å²) in [5.74, 6) is 0.625. The summed E-state index contributed by atoms with van der Waals surface area (Å²) < 4.78 is 7.04. The van der Waals surface area contributed by atoms with E-state index < -0.39 is 0 Å². The molecule has 2 heterocycles. The van der Waals surface area contributed by atoms with E-state index in [1.807, 2.05) is 6.07 Å². The number of hydrogen-bond donors (Lipinski definition) is 1. The Kier molecular flexibility index (Phi) is 3.41. The Morgan fingerprint density at radius 1 is 1.47 bits per heavy atom. The molecule has 1 aromatic heterocycles. The highest BCUT2D eigenvalue weighted by atomic mass is 16.5. The Labute approximate surface area is 111 Å². The zero-order valence-electron chi connectivity index (χ0n) is 10.9. The summed E-state index contributed by atoms with van der Waals surface area (Å²) in [6.45, 7) is 4.78. The molecule has 1 aromatic carbocycles. The smallest absolute Gasteiger partial charge is 0.143 e. The fraction of sp³-hybridized carbons (Fsp3) is 0.462. The van der Waals surface area contributed by atoms with Crippen molar-refractivity contribution in [3.05, 3.63) is 30.1 Å². The highest BCUT2D eigenvalue weighted by Crippen LogP contribution is 2.19. The minimum absolute atomic E-state index is 0.625. The summed E-state index contributed by atoms with van der Waals surface area (Å²) in [5, 5.41) is 14.7. The van der Waals surface area contributed by atoms with Gasteiger partial charge in [-0.25, -0.2) is 4.68 Å². The van der Waals surface area contributed by atoms with Gasteiger partial charge in [0, 0.05) is 24.8 Å². The van der Waals surface area contributed by atoms with Crippen molar-refractivity contribution >= 4 is 5.69 Å². The summed E-state index contributed by atoms with van der Waals surface area (Å²) in [6, 6.07) is 6.20. The van der Waals surface area contributed by atoms with E-state index in [1.165, 1.54) is 0 Å². The molecule has 100 valence electrons. The van der Waals surface area contributed by atoms with Crippen molar-refractivity contribution in [1.82, 2.24) is 20.2 Å². The Hall–Kier alpha value is -1.95. The van der Waals surface area contributed by atoms with Gasteiger partial charge in [0.15, 0.2) is 0 Å². The van der Waals surface area contributed by atoms with Crippen molar-refractivity contribution in [2.24, 2.45) is 5.92 Å². The minimum Gasteiger partial charge on any atom is -0.385 e. The number of anilines is 1. The zero-order valence-corrected chi connectivity index (χ0v) is 10.9. The van der Waals surface area contributed by atoms with Gasteiger partial charge in [0.1, 0.15) is 6.33 Å². The van der Waals surface area contributed by atoms with Crippen molar-refractivity contribution in [3.8, 4) is 5.69 Å². The fourth-order valence-corrected chi connectivity index (χ4v) is 2.30. The molecule has 1 atom stereocenters. The molecule has 0 saturated carbocycles. The molecule has 2 aromatic rings. The van der Waals surface area contributed by atoms with Crippen molar-refractivity contribution in [1.29, 1.82) is 0 Å². The molecule has 0 amide bonds. The molecule has 1 saturated heterocycles. The summed E-state index contributed by atoms with van der Waals surface area (Å²) in [4.78, 5) is 0. The largest absolute Gasteiger partial charge is 0.385 e. The van der Waals surface area contributed by atoms with Crippen LogP contribution in [0.25, 0.3) is 5.69 Å². The average molecular weight is 259 g/mol. The second kappa shape index (κ2) is 5.36. The van der Waals surface area contributed by atoms with Gasteiger partial charge in [-0.3, -0.25) is 0 Å². The predicted molar refractivity (Wildman–Crippen MR) is 71.3 cm³/mol. The quantitative estimate of drug-likeness (QED) is 0.899. The number of aryl methyl sites for hydroxylation is 1. The van der Waals surface area contributed by atoms with Gasteiger partial charge in [-0.15, -0.1) is 5.10 Å². The Balaban J connectivity index is 1.68. The van der Waals surface area contributed by atoms with E-state index in [2.05, 4.69) is 39.9 Å². The third kappa shape index (κ3) is 2.73. The van der Waals surface area contributed by atoms with E-state index in [0.717, 1.165) is 43.1 Å². The number of ether oxygens (including phenoxy) is 1. The molecule has 1 aliphatic heterocycles. The van der Waals surface area contributed by atoms with Crippen LogP contribution in [-0.2, 0) is 4.74 Å². The number of aromatic nitrogens is 4. The van der Waals surface area contributed by atoms with Crippen LogP contribution >= 0.6 is 0 Å². The van der Waals surface area contributed by atoms with Crippen LogP contribution in [0.4, 0.5) is 5.69 Å². The number of rotatable bonds is 4. The molecule has 19 heavy (non-hydrogen) atoms. The van der Waals surface area contributed by atoms with E-state index >= 15 is 0 Å². The Morgan fingerprint density at radius 3 is 3.11 bits per heavy atom. The van der Waals surface area contributed by atoms with E-state index in [9.17, 15) is 0 Å². The summed E-state index contributed by atoms with van der Waals surface area (Å²) in [5.41, 5.74) is 3.26. The maximum Gasteiger partial charge on any atom is 0.143 e. The lowest BCUT2D eigenvalue weighted by molar-refractivity contribution is 0.187. The minimum atomic E-state index is 0.625. The second-order valence-electron chi connectivity index (χ2n) is 4.87. The molecule has 3 rings (SSSR count). The lowest BCUT2D eigenvalue weighted by Crippen LogP contribution is -2.14. The van der Waals surface area contributed by atoms with Crippen LogP contribution in [0.3, 0.4) is 0 Å². The first-order valence-electron chi connectivity index (χ1n) is 6.48. The topological polar surface area (TPSA) is 64.9 Å². The molecule has 1 fully saturated rings. The molecule has 1 N–H and O–H groups in total. The SMILES string of the molecule is Cc1cc(NCC2CCOC2)ccc1-n1cnnn1. The van der Waals surface area contributed by atoms with Crippen LogP contribution in [0.15, 0.2) is 24.5 Å². The standard InChI is InChI=1S/C13H17N5O/c1-10-6-12(14-7-11-4-5-19-8-11)2-3-13(10)18-9-15-16-17-18/h2-3,6,9,11,14H,4-5,7-8H2,1H3. The first kappa shape index (κ1) is 12.1. The van der Waals surface area contributed by atoms with Crippen molar-refractivity contribution < 1.29 is 4.74 Å². The van der Waals surface area contributed by atoms with E-state index in [-0.39, 0.29) is 0 Å². The molecular formula is C13H17N5O. The van der Waals surface area contributed by atoms with Crippen molar-refractivity contribution in [3.63, 3.8) is 0 Å². The van der Waals surface area contributed by atoms with Gasteiger partial charge in [-0.05, 0) is 47.5 Å². The number of hydrogen-bond acceptors (Lipinski definition) is 5. The maximum atomic E-state index is 5.37. The second-order valence-corrected chi connectivity index (χ2v) is 4.87. The lowest BCUT2D eigenvalue weighted by Gasteiger charge is -2.12. The van der Waals surface area contributed by atoms with Gasteiger partial charge in [0.05, 0.1) is 12.3 Å². The van der Waals surface area contributed by atoms with Crippen LogP contribution in [0.1, 0.15) is 12.0 Å². The summed E-state index contributed by atoms with van der Waals surface area (Å²) in [6.07, 6.45) is 2.75. The molecule has 6 heteroatoms. The molecule has 0 spiro atoms. The highest BCUT2D eigenvalue weighted by Gasteiger charge is 2.15. The average Bonchev–Trinajstić information content (AvgIpc) is 3.10. The van der Waals surface area contributed by atoms with Crippen LogP contribution in [0, 0.1) is 12.8 Å². The molecule has 6 nitrogen and oxygen atoms in total. The van der Waals surface area contributed by atoms with E-state index in [0.29, 0.717) is 5.92 Å². The molecule has 1 aliphatic rings. The van der Waals surface area contributed by atoms with Gasteiger partial charge in [-0.1, -0.05) is 0 Å². The van der Waals surface area contributed by atoms with Crippen molar-refractivity contribution in [2.75, 3.05) is 25.1 Å². The zero-order chi connectivity index (χ0) is 13.1. The van der Waals surface area contributed by atoms with Gasteiger partial charge in [-0.2, -0.15) is 0 Å². The fourth-order valence-electron chi connectivity index (χ4n) is 2.30. The summed E-state index contributed by atoms with van der Waals surface area (Å²) >= 11 is 0. The van der Waals surface area contributed by atoms with Crippen molar-refractivity contribution in [2.45, 2.75) is 13.3 Å². The van der Waals surface area contributed by atoms with Gasteiger partial charge in [0.25, 0.3) is 0 Å². The first-order valence-corrected chi connectivity index (χ1v) is 6.48. The van der Waals surface area contributed by atoms with Crippen LogP contribution in [-0.4, -0.2) is 40.0 Å². The summed E-state index contributed by atoms with van der Waals surface area (Å²) in [7, 11) is 0. The number of benzene rings is 1. The van der Waals surface area contributed by atoms with E-state index in [1.54, 1.807) is 11.0 Å². The third-order valence-corrected chi connectivity index (χ3v) is 3.41. The van der Waals surface area contributed by atoms with Crippen LogP contribution in [0.2, 0.25) is 0 Å². The van der Waals surface area contributed by atoms with Gasteiger partial charge < -0.3 is 10.1 Å². The predicted octanol–water partition coefficient (Wildman–Crippen LogP) is 1.42. The number of nitrogens with zero attached hydrogens (tertiary/aromatic N) is 4. The normalized spacial score (nSPS) is 18.7. The lowest BCUT2D eigenvalue weighted by atomic mass is 10.1. The van der Waals surface area contributed by atoms with Gasteiger partial charge >= 0.3 is 0 Å². The van der Waals surface area contributed by atoms with Gasteiger partial charge in [0.2, 0.25) is 0 Å². The van der Waals surface area contributed by atoms with E-state index in [4.69, 9.17) is 4.74 Å². The highest BCUT2D eigenvalue weighted by molar-refractivity contribution is 5.53. The van der Waals surface area contributed by atoms with Crippen LogP contribution < -0.4 is 5.32 Å². The number of tetrazole rings is 1. The Bertz CT molecular complexity index is 534. The van der Waals surface area contributed by atoms with Crippen LogP contribution in [0.5, 0.6) is 0 Å². The molecule has 0 radical (unpaired) electrons. The first-order chi connectivity index (χ1) is 9.33. The third-order valence-electron chi connectivity index (χ3n) is 3.41. The maximum absolute atomic E-state index is 5.37. The number of nitrogens with one attached hydrogen (secondary N) is 1. The molecule has 1 unspecified atom stereocenters. The Morgan fingerprint density at radius 2 is 2.42 bits per heavy atom. The molecule has 0 bridgehead atoms. The molecular weight excluding hydrogens is 242 g/mol. The monoisotopic (exact) mass is 259 g/mol. The molecule has 0 aliphatic carbocycles.